The van der Waals surface area contributed by atoms with Crippen LogP contribution < -0.4 is 10.6 Å². The predicted molar refractivity (Wildman–Crippen MR) is 96.5 cm³/mol. The molecular formula is C14H27N5O2S2. The fraction of sp³-hybridized carbons (Fsp3) is 0.714. The fourth-order valence-electron chi connectivity index (χ4n) is 2.02. The average Bonchev–Trinajstić information content (AvgIpc) is 2.79. The Balaban J connectivity index is 2.34. The zero-order chi connectivity index (χ0) is 17.5. The van der Waals surface area contributed by atoms with E-state index in [0.717, 1.165) is 17.1 Å². The number of guanidine groups is 1. The third-order valence-electron chi connectivity index (χ3n) is 3.40. The summed E-state index contributed by atoms with van der Waals surface area (Å²) in [5.74, 6) is 0.693. The van der Waals surface area contributed by atoms with E-state index in [0.29, 0.717) is 32.1 Å². The molecule has 0 saturated heterocycles. The lowest BCUT2D eigenvalue weighted by Crippen LogP contribution is -2.39. The Morgan fingerprint density at radius 2 is 2.04 bits per heavy atom. The summed E-state index contributed by atoms with van der Waals surface area (Å²) in [6, 6.07) is 0. The zero-order valence-electron chi connectivity index (χ0n) is 14.5. The third kappa shape index (κ3) is 6.84. The molecule has 23 heavy (non-hydrogen) atoms. The number of aromatic nitrogens is 1. The summed E-state index contributed by atoms with van der Waals surface area (Å²) in [5, 5.41) is 7.42. The van der Waals surface area contributed by atoms with Crippen LogP contribution in [0.2, 0.25) is 0 Å². The molecule has 0 amide bonds. The van der Waals surface area contributed by atoms with Crippen molar-refractivity contribution in [2.24, 2.45) is 4.99 Å². The Morgan fingerprint density at radius 3 is 2.52 bits per heavy atom. The maximum absolute atomic E-state index is 11.5. The van der Waals surface area contributed by atoms with E-state index in [1.807, 2.05) is 13.8 Å². The molecule has 0 aliphatic rings. The van der Waals surface area contributed by atoms with Crippen LogP contribution in [-0.2, 0) is 16.6 Å². The summed E-state index contributed by atoms with van der Waals surface area (Å²) in [4.78, 5) is 9.86. The molecule has 1 rings (SSSR count). The van der Waals surface area contributed by atoms with Gasteiger partial charge in [0, 0.05) is 31.6 Å². The quantitative estimate of drug-likeness (QED) is 0.411. The molecule has 7 nitrogen and oxygen atoms in total. The first-order chi connectivity index (χ1) is 10.8. The number of aliphatic imine (C=N–C) groups is 1. The monoisotopic (exact) mass is 361 g/mol. The summed E-state index contributed by atoms with van der Waals surface area (Å²) in [7, 11) is -1.41. The molecular weight excluding hydrogens is 334 g/mol. The van der Waals surface area contributed by atoms with Crippen LogP contribution in [0.4, 0.5) is 0 Å². The largest absolute Gasteiger partial charge is 0.356 e. The van der Waals surface area contributed by atoms with Gasteiger partial charge in [0.1, 0.15) is 5.01 Å². The summed E-state index contributed by atoms with van der Waals surface area (Å²) in [5.41, 5.74) is 1.06. The van der Waals surface area contributed by atoms with Crippen molar-refractivity contribution >= 4 is 27.3 Å². The van der Waals surface area contributed by atoms with E-state index in [1.54, 1.807) is 18.4 Å². The molecule has 0 aliphatic heterocycles. The number of sulfonamides is 1. The summed E-state index contributed by atoms with van der Waals surface area (Å²) < 4.78 is 24.5. The highest BCUT2D eigenvalue weighted by molar-refractivity contribution is 7.88. The van der Waals surface area contributed by atoms with Crippen LogP contribution in [0.5, 0.6) is 0 Å². The van der Waals surface area contributed by atoms with Crippen LogP contribution in [0.3, 0.4) is 0 Å². The molecule has 1 aromatic rings. The molecule has 9 heteroatoms. The lowest BCUT2D eigenvalue weighted by atomic mass is 10.4. The minimum absolute atomic E-state index is 0.495. The van der Waals surface area contributed by atoms with Crippen LogP contribution >= 0.6 is 11.3 Å². The predicted octanol–water partition coefficient (Wildman–Crippen LogP) is 1.10. The number of aryl methyl sites for hydroxylation is 2. The van der Waals surface area contributed by atoms with Gasteiger partial charge in [-0.05, 0) is 20.3 Å². The van der Waals surface area contributed by atoms with Gasteiger partial charge in [-0.2, -0.15) is 0 Å². The highest BCUT2D eigenvalue weighted by atomic mass is 32.2. The van der Waals surface area contributed by atoms with Crippen LogP contribution in [0, 0.1) is 13.8 Å². The molecule has 0 fully saturated rings. The second-order valence-electron chi connectivity index (χ2n) is 5.21. The minimum Gasteiger partial charge on any atom is -0.356 e. The molecule has 1 aromatic heterocycles. The van der Waals surface area contributed by atoms with Crippen LogP contribution in [-0.4, -0.2) is 56.6 Å². The van der Waals surface area contributed by atoms with E-state index in [1.165, 1.54) is 15.4 Å². The number of nitrogens with zero attached hydrogens (tertiary/aromatic N) is 3. The zero-order valence-corrected chi connectivity index (χ0v) is 16.1. The molecule has 0 bridgehead atoms. The Labute approximate surface area is 143 Å². The number of hydrogen-bond acceptors (Lipinski definition) is 5. The van der Waals surface area contributed by atoms with Crippen LogP contribution in [0.1, 0.15) is 28.9 Å². The first-order valence-electron chi connectivity index (χ1n) is 7.60. The molecule has 0 unspecified atom stereocenters. The number of thiazole rings is 1. The van der Waals surface area contributed by atoms with Gasteiger partial charge in [0.15, 0.2) is 5.96 Å². The van der Waals surface area contributed by atoms with Gasteiger partial charge in [-0.1, -0.05) is 6.92 Å². The normalized spacial score (nSPS) is 12.7. The topological polar surface area (TPSA) is 86.7 Å². The lowest BCUT2D eigenvalue weighted by molar-refractivity contribution is 0.424. The van der Waals surface area contributed by atoms with E-state index < -0.39 is 10.0 Å². The Bertz CT molecular complexity index is 606. The van der Waals surface area contributed by atoms with E-state index in [-0.39, 0.29) is 0 Å². The SMILES string of the molecule is CCN(CCCNC(=NC)NCc1nc(C)c(C)s1)S(C)(=O)=O. The van der Waals surface area contributed by atoms with Crippen molar-refractivity contribution in [3.8, 4) is 0 Å². The Kier molecular flexibility index (Phi) is 7.93. The molecule has 0 aliphatic carbocycles. The third-order valence-corrected chi connectivity index (χ3v) is 5.85. The minimum atomic E-state index is -3.12. The second-order valence-corrected chi connectivity index (χ2v) is 8.48. The number of hydrogen-bond donors (Lipinski definition) is 2. The second kappa shape index (κ2) is 9.19. The van der Waals surface area contributed by atoms with Crippen molar-refractivity contribution in [2.75, 3.05) is 32.9 Å². The van der Waals surface area contributed by atoms with Gasteiger partial charge < -0.3 is 10.6 Å². The first kappa shape index (κ1) is 19.9. The Morgan fingerprint density at radius 1 is 1.35 bits per heavy atom. The van der Waals surface area contributed by atoms with Crippen molar-refractivity contribution in [1.82, 2.24) is 19.9 Å². The smallest absolute Gasteiger partial charge is 0.211 e. The van der Waals surface area contributed by atoms with Crippen molar-refractivity contribution < 1.29 is 8.42 Å². The molecule has 2 N–H and O–H groups in total. The number of rotatable bonds is 8. The van der Waals surface area contributed by atoms with Gasteiger partial charge in [0.2, 0.25) is 10.0 Å². The Hall–Kier alpha value is -1.19. The maximum Gasteiger partial charge on any atom is 0.211 e. The van der Waals surface area contributed by atoms with E-state index in [4.69, 9.17) is 0 Å². The summed E-state index contributed by atoms with van der Waals surface area (Å²) >= 11 is 1.68. The molecule has 0 radical (unpaired) electrons. The molecule has 0 atom stereocenters. The van der Waals surface area contributed by atoms with Crippen molar-refractivity contribution in [3.63, 3.8) is 0 Å². The van der Waals surface area contributed by atoms with Gasteiger partial charge in [-0.15, -0.1) is 11.3 Å². The van der Waals surface area contributed by atoms with E-state index in [2.05, 4.69) is 27.5 Å². The van der Waals surface area contributed by atoms with Crippen molar-refractivity contribution in [3.05, 3.63) is 15.6 Å². The van der Waals surface area contributed by atoms with Gasteiger partial charge in [0.05, 0.1) is 18.5 Å². The molecule has 1 heterocycles. The van der Waals surface area contributed by atoms with Gasteiger partial charge in [0.25, 0.3) is 0 Å². The van der Waals surface area contributed by atoms with Crippen molar-refractivity contribution in [1.29, 1.82) is 0 Å². The highest BCUT2D eigenvalue weighted by Gasteiger charge is 2.13. The average molecular weight is 362 g/mol. The molecule has 0 saturated carbocycles. The standard InChI is InChI=1S/C14H27N5O2S2/c1-6-19(23(5,20)21)9-7-8-16-14(15-4)17-10-13-18-11(2)12(3)22-13/h6-10H2,1-5H3,(H2,15,16,17). The summed E-state index contributed by atoms with van der Waals surface area (Å²) in [6.07, 6.45) is 1.96. The molecule has 0 aromatic carbocycles. The summed E-state index contributed by atoms with van der Waals surface area (Å²) in [6.45, 7) is 8.19. The van der Waals surface area contributed by atoms with Crippen molar-refractivity contribution in [2.45, 2.75) is 33.7 Å². The fourth-order valence-corrected chi connectivity index (χ4v) is 3.82. The maximum atomic E-state index is 11.5. The first-order valence-corrected chi connectivity index (χ1v) is 10.3. The number of nitrogens with one attached hydrogen (secondary N) is 2. The van der Waals surface area contributed by atoms with Crippen LogP contribution in [0.25, 0.3) is 0 Å². The lowest BCUT2D eigenvalue weighted by Gasteiger charge is -2.18. The van der Waals surface area contributed by atoms with E-state index >= 15 is 0 Å². The highest BCUT2D eigenvalue weighted by Crippen LogP contribution is 2.15. The molecule has 132 valence electrons. The molecule has 0 spiro atoms. The van der Waals surface area contributed by atoms with Gasteiger partial charge in [-0.3, -0.25) is 4.99 Å². The van der Waals surface area contributed by atoms with E-state index in [9.17, 15) is 8.42 Å². The van der Waals surface area contributed by atoms with Gasteiger partial charge in [-0.25, -0.2) is 17.7 Å². The van der Waals surface area contributed by atoms with Gasteiger partial charge >= 0.3 is 0 Å². The van der Waals surface area contributed by atoms with Crippen LogP contribution in [0.15, 0.2) is 4.99 Å².